The summed E-state index contributed by atoms with van der Waals surface area (Å²) in [5.41, 5.74) is 5.67. The van der Waals surface area contributed by atoms with Gasteiger partial charge in [0.1, 0.15) is 0 Å². The minimum atomic E-state index is -1.68. The van der Waals surface area contributed by atoms with Gasteiger partial charge in [0.15, 0.2) is 0 Å². The molecule has 2 aromatic rings. The molecule has 0 aliphatic heterocycles. The minimum absolute atomic E-state index is 0. The van der Waals surface area contributed by atoms with Crippen LogP contribution in [0.3, 0.4) is 0 Å². The van der Waals surface area contributed by atoms with Gasteiger partial charge < -0.3 is 24.8 Å². The molecular formula is C22H22Cl2SiZr. The van der Waals surface area contributed by atoms with Gasteiger partial charge in [0, 0.05) is 0 Å². The molecule has 2 aromatic carbocycles. The molecule has 0 bridgehead atoms. The third-order valence-electron chi connectivity index (χ3n) is 4.97. The first kappa shape index (κ1) is 21.6. The predicted molar refractivity (Wildman–Crippen MR) is 102 cm³/mol. The van der Waals surface area contributed by atoms with Crippen molar-refractivity contribution in [2.24, 2.45) is 0 Å². The van der Waals surface area contributed by atoms with Crippen LogP contribution in [0.1, 0.15) is 26.7 Å². The Labute approximate surface area is 177 Å². The monoisotopic (exact) mass is 474 g/mol. The molecule has 0 heterocycles. The zero-order valence-electron chi connectivity index (χ0n) is 15.0. The zero-order valence-corrected chi connectivity index (χ0v) is 20.0. The molecule has 0 fully saturated rings. The second-order valence-electron chi connectivity index (χ2n) is 6.75. The van der Waals surface area contributed by atoms with Gasteiger partial charge in [-0.25, -0.2) is 0 Å². The molecule has 1 unspecified atom stereocenters. The quantitative estimate of drug-likeness (QED) is 0.543. The van der Waals surface area contributed by atoms with E-state index >= 15 is 0 Å². The van der Waals surface area contributed by atoms with E-state index in [1.807, 2.05) is 3.28 Å². The fourth-order valence-corrected chi connectivity index (χ4v) is 21.7. The minimum Gasteiger partial charge on any atom is -1.00 e. The van der Waals surface area contributed by atoms with E-state index in [-0.39, 0.29) is 30.2 Å². The second-order valence-corrected chi connectivity index (χ2v) is 24.5. The van der Waals surface area contributed by atoms with E-state index in [9.17, 15) is 0 Å². The molecule has 0 saturated heterocycles. The van der Waals surface area contributed by atoms with Crippen LogP contribution in [0, 0.1) is 0 Å². The first-order valence-corrected chi connectivity index (χ1v) is 17.5. The SMILES string of the molecule is C[Si](C)=[Zr+2]([C]1=CC=CC1)[CH]1C=C(c2ccccc2)c2ccccc21.[Cl-].[Cl-]. The van der Waals surface area contributed by atoms with Crippen LogP contribution < -0.4 is 24.8 Å². The predicted octanol–water partition coefficient (Wildman–Crippen LogP) is -0.106. The van der Waals surface area contributed by atoms with Crippen molar-refractivity contribution in [3.63, 3.8) is 0 Å². The summed E-state index contributed by atoms with van der Waals surface area (Å²) in [6.45, 7) is 5.10. The fourth-order valence-electron chi connectivity index (χ4n) is 3.95. The first-order valence-electron chi connectivity index (χ1n) is 8.65. The molecule has 26 heavy (non-hydrogen) atoms. The van der Waals surface area contributed by atoms with Crippen LogP contribution in [0.4, 0.5) is 0 Å². The van der Waals surface area contributed by atoms with Gasteiger partial charge in [0.05, 0.1) is 0 Å². The fraction of sp³-hybridized carbons (Fsp3) is 0.182. The molecule has 0 radical (unpaired) electrons. The van der Waals surface area contributed by atoms with Gasteiger partial charge in [-0.1, -0.05) is 0 Å². The summed E-state index contributed by atoms with van der Waals surface area (Å²) in [4.78, 5) is 0. The number of rotatable bonds is 3. The number of fused-ring (bicyclic) bond motifs is 1. The number of halogens is 2. The summed E-state index contributed by atoms with van der Waals surface area (Å²) in [5, 5.41) is 0. The van der Waals surface area contributed by atoms with Crippen molar-refractivity contribution in [2.75, 3.05) is 0 Å². The van der Waals surface area contributed by atoms with Crippen molar-refractivity contribution in [3.05, 3.63) is 98.9 Å². The van der Waals surface area contributed by atoms with Gasteiger partial charge in [-0.2, -0.15) is 0 Å². The van der Waals surface area contributed by atoms with E-state index in [1.54, 1.807) is 5.56 Å². The maximum atomic E-state index is 2.63. The van der Waals surface area contributed by atoms with Crippen molar-refractivity contribution in [3.8, 4) is 0 Å². The third-order valence-corrected chi connectivity index (χ3v) is 23.0. The van der Waals surface area contributed by atoms with E-state index in [4.69, 9.17) is 0 Å². The molecule has 4 heteroatoms. The molecule has 0 saturated carbocycles. The van der Waals surface area contributed by atoms with Crippen molar-refractivity contribution in [2.45, 2.75) is 23.1 Å². The summed E-state index contributed by atoms with van der Waals surface area (Å²) in [6.07, 6.45) is 10.9. The summed E-state index contributed by atoms with van der Waals surface area (Å²) in [6, 6.07) is 20.1. The zero-order chi connectivity index (χ0) is 16.5. The Morgan fingerprint density at radius 3 is 2.27 bits per heavy atom. The Kier molecular flexibility index (Phi) is 7.91. The molecule has 2 aliphatic rings. The Balaban J connectivity index is 0.00000121. The van der Waals surface area contributed by atoms with E-state index in [0.29, 0.717) is 3.63 Å². The molecule has 0 nitrogen and oxygen atoms in total. The van der Waals surface area contributed by atoms with Crippen LogP contribution in [0.5, 0.6) is 0 Å². The number of allylic oxidation sites excluding steroid dienone is 5. The Hall–Kier alpha value is -0.660. The molecule has 0 aromatic heterocycles. The number of hydrogen-bond acceptors (Lipinski definition) is 0. The van der Waals surface area contributed by atoms with Crippen LogP contribution >= 0.6 is 0 Å². The summed E-state index contributed by atoms with van der Waals surface area (Å²) in [7, 11) is 0. The number of hydrogen-bond donors (Lipinski definition) is 0. The summed E-state index contributed by atoms with van der Waals surface area (Å²) >= 11 is -1.68. The van der Waals surface area contributed by atoms with Crippen molar-refractivity contribution < 1.29 is 45.2 Å². The molecule has 2 aliphatic carbocycles. The van der Waals surface area contributed by atoms with Crippen LogP contribution in [0.25, 0.3) is 5.57 Å². The molecular weight excluding hydrogens is 454 g/mol. The van der Waals surface area contributed by atoms with E-state index < -0.39 is 20.4 Å². The van der Waals surface area contributed by atoms with Crippen molar-refractivity contribution >= 4 is 11.0 Å². The third kappa shape index (κ3) is 4.09. The van der Waals surface area contributed by atoms with Crippen LogP contribution in [0.15, 0.2) is 82.2 Å². The molecule has 4 rings (SSSR count). The van der Waals surface area contributed by atoms with Crippen LogP contribution in [0.2, 0.25) is 13.1 Å². The van der Waals surface area contributed by atoms with Gasteiger partial charge in [0.2, 0.25) is 0 Å². The average Bonchev–Trinajstić information content (AvgIpc) is 3.25. The molecule has 1 atom stereocenters. The Morgan fingerprint density at radius 1 is 0.923 bits per heavy atom. The maximum absolute atomic E-state index is 2.63. The van der Waals surface area contributed by atoms with Gasteiger partial charge >= 0.3 is 153 Å². The average molecular weight is 477 g/mol. The maximum Gasteiger partial charge on any atom is -1.00 e. The van der Waals surface area contributed by atoms with Gasteiger partial charge in [-0.15, -0.1) is 0 Å². The van der Waals surface area contributed by atoms with Crippen LogP contribution in [-0.2, 0) is 20.4 Å². The smallest absolute Gasteiger partial charge is 1.00 e. The normalized spacial score (nSPS) is 16.4. The number of benzene rings is 2. The van der Waals surface area contributed by atoms with E-state index in [0.717, 1.165) is 0 Å². The topological polar surface area (TPSA) is 0 Å². The standard InChI is InChI=1S/C15H11.C5H5.C2H6Si.2ClH.Zr/c1-2-6-12(7-3-1)15-11-10-13-8-4-5-9-14(13)15;1-2-4-5-3-1;1-3-2;;;/h1-11H;1-3H,4H2;1-2H3;2*1H;/q;;;;;+2/p-2. The Bertz CT molecular complexity index is 907. The van der Waals surface area contributed by atoms with Gasteiger partial charge in [-0.05, 0) is 0 Å². The molecule has 0 amide bonds. The van der Waals surface area contributed by atoms with Crippen molar-refractivity contribution in [1.82, 2.24) is 0 Å². The Morgan fingerprint density at radius 2 is 1.62 bits per heavy atom. The molecule has 0 N–H and O–H groups in total. The summed E-state index contributed by atoms with van der Waals surface area (Å²) < 4.78 is 2.54. The van der Waals surface area contributed by atoms with Gasteiger partial charge in [-0.3, -0.25) is 0 Å². The van der Waals surface area contributed by atoms with Gasteiger partial charge in [0.25, 0.3) is 0 Å². The first-order chi connectivity index (χ1) is 11.8. The molecule has 132 valence electrons. The largest absolute Gasteiger partial charge is 1.00 e. The second kappa shape index (κ2) is 9.51. The van der Waals surface area contributed by atoms with Crippen LogP contribution in [-0.4, -0.2) is 5.43 Å². The van der Waals surface area contributed by atoms with E-state index in [2.05, 4.69) is 92.0 Å². The van der Waals surface area contributed by atoms with E-state index in [1.165, 1.54) is 23.1 Å². The molecule has 0 spiro atoms. The van der Waals surface area contributed by atoms with Crippen molar-refractivity contribution in [1.29, 1.82) is 0 Å². The summed E-state index contributed by atoms with van der Waals surface area (Å²) in [5.74, 6) is 0.